The number of aromatic nitrogens is 2. The lowest BCUT2D eigenvalue weighted by Crippen LogP contribution is -2.23. The van der Waals surface area contributed by atoms with Crippen molar-refractivity contribution in [1.29, 1.82) is 0 Å². The standard InChI is InChI=1S/C17H19F2N3O3/c1-21(10-12-9-20-22(2)11-12)15(23)8-7-13-5-4-6-14(24-3)16(13)25-17(18)19/h4-9,11,17H,10H2,1-3H3/b8-7+. The van der Waals surface area contributed by atoms with E-state index in [1.807, 2.05) is 6.20 Å². The Labute approximate surface area is 144 Å². The second-order valence-electron chi connectivity index (χ2n) is 5.31. The van der Waals surface area contributed by atoms with Crippen molar-refractivity contribution < 1.29 is 23.0 Å². The van der Waals surface area contributed by atoms with Gasteiger partial charge in [-0.25, -0.2) is 0 Å². The van der Waals surface area contributed by atoms with E-state index in [4.69, 9.17) is 4.74 Å². The number of aryl methyl sites for hydroxylation is 1. The number of para-hydroxylation sites is 1. The predicted octanol–water partition coefficient (Wildman–Crippen LogP) is 2.70. The summed E-state index contributed by atoms with van der Waals surface area (Å²) in [6.45, 7) is -2.61. The number of hydrogen-bond donors (Lipinski definition) is 0. The Bertz CT molecular complexity index is 759. The van der Waals surface area contributed by atoms with Crippen molar-refractivity contribution in [3.8, 4) is 11.5 Å². The lowest BCUT2D eigenvalue weighted by Gasteiger charge is -2.14. The number of likely N-dealkylation sites (N-methyl/N-ethyl adjacent to an activating group) is 1. The van der Waals surface area contributed by atoms with Crippen molar-refractivity contribution in [3.05, 3.63) is 47.8 Å². The molecule has 0 saturated carbocycles. The van der Waals surface area contributed by atoms with Crippen molar-refractivity contribution >= 4 is 12.0 Å². The number of alkyl halides is 2. The van der Waals surface area contributed by atoms with Crippen LogP contribution in [0.3, 0.4) is 0 Å². The molecular weight excluding hydrogens is 332 g/mol. The molecule has 0 saturated heterocycles. The number of carbonyl (C=O) groups is 1. The van der Waals surface area contributed by atoms with E-state index in [0.29, 0.717) is 12.1 Å². The van der Waals surface area contributed by atoms with Crippen LogP contribution in [-0.2, 0) is 18.4 Å². The summed E-state index contributed by atoms with van der Waals surface area (Å²) in [5.41, 5.74) is 1.21. The van der Waals surface area contributed by atoms with Crippen LogP contribution in [0.25, 0.3) is 6.08 Å². The first-order chi connectivity index (χ1) is 11.9. The largest absolute Gasteiger partial charge is 0.493 e. The van der Waals surface area contributed by atoms with Gasteiger partial charge in [0.05, 0.1) is 13.3 Å². The number of hydrogen-bond acceptors (Lipinski definition) is 4. The molecule has 134 valence electrons. The highest BCUT2D eigenvalue weighted by Crippen LogP contribution is 2.33. The zero-order chi connectivity index (χ0) is 18.4. The van der Waals surface area contributed by atoms with Crippen molar-refractivity contribution in [2.24, 2.45) is 7.05 Å². The van der Waals surface area contributed by atoms with Crippen molar-refractivity contribution in [2.75, 3.05) is 14.2 Å². The molecule has 0 radical (unpaired) electrons. The minimum Gasteiger partial charge on any atom is -0.493 e. The Morgan fingerprint density at radius 1 is 1.44 bits per heavy atom. The highest BCUT2D eigenvalue weighted by molar-refractivity contribution is 5.92. The van der Waals surface area contributed by atoms with Gasteiger partial charge in [0, 0.05) is 44.0 Å². The Kier molecular flexibility index (Phi) is 6.10. The number of halogens is 2. The van der Waals surface area contributed by atoms with Gasteiger partial charge in [-0.2, -0.15) is 13.9 Å². The molecule has 0 aliphatic carbocycles. The van der Waals surface area contributed by atoms with Crippen molar-refractivity contribution in [3.63, 3.8) is 0 Å². The van der Waals surface area contributed by atoms with E-state index in [0.717, 1.165) is 5.56 Å². The molecule has 6 nitrogen and oxygen atoms in total. The second kappa shape index (κ2) is 8.27. The molecule has 25 heavy (non-hydrogen) atoms. The number of rotatable bonds is 7. The van der Waals surface area contributed by atoms with Gasteiger partial charge in [-0.1, -0.05) is 12.1 Å². The van der Waals surface area contributed by atoms with Crippen LogP contribution in [-0.4, -0.2) is 41.4 Å². The first kappa shape index (κ1) is 18.4. The minimum atomic E-state index is -2.99. The topological polar surface area (TPSA) is 56.6 Å². The maximum atomic E-state index is 12.6. The molecule has 0 spiro atoms. The third kappa shape index (κ3) is 5.03. The Morgan fingerprint density at radius 2 is 2.20 bits per heavy atom. The summed E-state index contributed by atoms with van der Waals surface area (Å²) in [5, 5.41) is 4.04. The quantitative estimate of drug-likeness (QED) is 0.720. The fraction of sp³-hybridized carbons (Fsp3) is 0.294. The summed E-state index contributed by atoms with van der Waals surface area (Å²) in [6, 6.07) is 4.69. The summed E-state index contributed by atoms with van der Waals surface area (Å²) >= 11 is 0. The molecule has 0 fully saturated rings. The molecule has 0 atom stereocenters. The first-order valence-electron chi connectivity index (χ1n) is 7.43. The van der Waals surface area contributed by atoms with E-state index in [1.54, 1.807) is 37.1 Å². The molecule has 2 rings (SSSR count). The number of ether oxygens (including phenoxy) is 2. The molecule has 1 heterocycles. The van der Waals surface area contributed by atoms with Crippen LogP contribution in [0.1, 0.15) is 11.1 Å². The van der Waals surface area contributed by atoms with Gasteiger partial charge < -0.3 is 14.4 Å². The molecule has 0 bridgehead atoms. The van der Waals surface area contributed by atoms with Gasteiger partial charge in [0.2, 0.25) is 5.91 Å². The van der Waals surface area contributed by atoms with Gasteiger partial charge in [0.1, 0.15) is 0 Å². The predicted molar refractivity (Wildman–Crippen MR) is 88.3 cm³/mol. The fourth-order valence-corrected chi connectivity index (χ4v) is 2.23. The van der Waals surface area contributed by atoms with Gasteiger partial charge in [0.25, 0.3) is 0 Å². The van der Waals surface area contributed by atoms with Crippen LogP contribution >= 0.6 is 0 Å². The van der Waals surface area contributed by atoms with Gasteiger partial charge in [-0.15, -0.1) is 0 Å². The molecule has 1 aromatic carbocycles. The van der Waals surface area contributed by atoms with E-state index < -0.39 is 6.61 Å². The van der Waals surface area contributed by atoms with Gasteiger partial charge >= 0.3 is 6.61 Å². The highest BCUT2D eigenvalue weighted by atomic mass is 19.3. The van der Waals surface area contributed by atoms with E-state index >= 15 is 0 Å². The highest BCUT2D eigenvalue weighted by Gasteiger charge is 2.14. The zero-order valence-corrected chi connectivity index (χ0v) is 14.1. The van der Waals surface area contributed by atoms with Gasteiger partial charge in [-0.05, 0) is 12.1 Å². The molecule has 0 aliphatic heterocycles. The van der Waals surface area contributed by atoms with Crippen LogP contribution in [0.4, 0.5) is 8.78 Å². The smallest absolute Gasteiger partial charge is 0.387 e. The van der Waals surface area contributed by atoms with Crippen molar-refractivity contribution in [2.45, 2.75) is 13.2 Å². The number of nitrogens with zero attached hydrogens (tertiary/aromatic N) is 3. The first-order valence-corrected chi connectivity index (χ1v) is 7.43. The summed E-state index contributed by atoms with van der Waals surface area (Å²) in [6.07, 6.45) is 6.19. The number of carbonyl (C=O) groups excluding carboxylic acids is 1. The van der Waals surface area contributed by atoms with E-state index in [1.165, 1.54) is 30.2 Å². The monoisotopic (exact) mass is 351 g/mol. The van der Waals surface area contributed by atoms with Crippen LogP contribution in [0.15, 0.2) is 36.7 Å². The average molecular weight is 351 g/mol. The Hall–Kier alpha value is -2.90. The maximum absolute atomic E-state index is 12.6. The zero-order valence-electron chi connectivity index (χ0n) is 14.1. The minimum absolute atomic E-state index is 0.112. The van der Waals surface area contributed by atoms with Gasteiger partial charge in [-0.3, -0.25) is 9.48 Å². The molecule has 2 aromatic rings. The Morgan fingerprint density at radius 3 is 2.80 bits per heavy atom. The maximum Gasteiger partial charge on any atom is 0.387 e. The summed E-state index contributed by atoms with van der Waals surface area (Å²) < 4.78 is 36.4. The molecule has 8 heteroatoms. The lowest BCUT2D eigenvalue weighted by molar-refractivity contribution is -0.125. The van der Waals surface area contributed by atoms with Crippen LogP contribution in [0.5, 0.6) is 11.5 Å². The van der Waals surface area contributed by atoms with E-state index in [-0.39, 0.29) is 17.4 Å². The molecule has 1 aromatic heterocycles. The van der Waals surface area contributed by atoms with E-state index in [9.17, 15) is 13.6 Å². The number of benzene rings is 1. The lowest BCUT2D eigenvalue weighted by atomic mass is 10.1. The number of amides is 1. The third-order valence-electron chi connectivity index (χ3n) is 3.40. The van der Waals surface area contributed by atoms with Gasteiger partial charge in [0.15, 0.2) is 11.5 Å². The average Bonchev–Trinajstić information content (AvgIpc) is 2.97. The number of methoxy groups -OCH3 is 1. The normalized spacial score (nSPS) is 11.1. The molecule has 0 N–H and O–H groups in total. The van der Waals surface area contributed by atoms with Crippen molar-refractivity contribution in [1.82, 2.24) is 14.7 Å². The molecule has 1 amide bonds. The Balaban J connectivity index is 2.13. The third-order valence-corrected chi connectivity index (χ3v) is 3.40. The summed E-state index contributed by atoms with van der Waals surface area (Å²) in [4.78, 5) is 13.7. The second-order valence-corrected chi connectivity index (χ2v) is 5.31. The van der Waals surface area contributed by atoms with Crippen LogP contribution in [0.2, 0.25) is 0 Å². The SMILES string of the molecule is COc1cccc(/C=C/C(=O)N(C)Cc2cnn(C)c2)c1OC(F)F. The van der Waals surface area contributed by atoms with Crippen LogP contribution < -0.4 is 9.47 Å². The van der Waals surface area contributed by atoms with Crippen LogP contribution in [0, 0.1) is 0 Å². The molecule has 0 unspecified atom stereocenters. The summed E-state index contributed by atoms with van der Waals surface area (Å²) in [7, 11) is 4.79. The summed E-state index contributed by atoms with van der Waals surface area (Å²) in [5.74, 6) is -0.229. The van der Waals surface area contributed by atoms with E-state index in [2.05, 4.69) is 9.84 Å². The molecule has 0 aliphatic rings. The fourth-order valence-electron chi connectivity index (χ4n) is 2.23. The molecular formula is C17H19F2N3O3.